The Morgan fingerprint density at radius 1 is 1.03 bits per heavy atom. The van der Waals surface area contributed by atoms with E-state index in [1.54, 1.807) is 24.3 Å². The van der Waals surface area contributed by atoms with Crippen LogP contribution in [0.3, 0.4) is 0 Å². The molecule has 0 saturated heterocycles. The predicted molar refractivity (Wildman–Crippen MR) is 129 cm³/mol. The van der Waals surface area contributed by atoms with Crippen LogP contribution in [0.1, 0.15) is 42.1 Å². The van der Waals surface area contributed by atoms with Crippen LogP contribution in [0, 0.1) is 0 Å². The molecule has 2 unspecified atom stereocenters. The summed E-state index contributed by atoms with van der Waals surface area (Å²) < 4.78 is 29.3. The van der Waals surface area contributed by atoms with Crippen LogP contribution in [0.2, 0.25) is 0 Å². The Morgan fingerprint density at radius 2 is 1.69 bits per heavy atom. The zero-order valence-electron chi connectivity index (χ0n) is 17.7. The molecule has 3 aromatic rings. The molecule has 5 nitrogen and oxygen atoms in total. The summed E-state index contributed by atoms with van der Waals surface area (Å²) in [5, 5.41) is 3.03. The minimum absolute atomic E-state index is 0.0595. The molecule has 2 atom stereocenters. The van der Waals surface area contributed by atoms with Gasteiger partial charge in [-0.2, -0.15) is 4.31 Å². The van der Waals surface area contributed by atoms with Crippen LogP contribution in [0.15, 0.2) is 88.2 Å². The van der Waals surface area contributed by atoms with E-state index in [-0.39, 0.29) is 23.3 Å². The van der Waals surface area contributed by atoms with Crippen molar-refractivity contribution in [1.29, 1.82) is 0 Å². The topological polar surface area (TPSA) is 66.5 Å². The van der Waals surface area contributed by atoms with Crippen LogP contribution >= 0.6 is 15.9 Å². The van der Waals surface area contributed by atoms with Gasteiger partial charge in [0.2, 0.25) is 15.9 Å². The fourth-order valence-electron chi connectivity index (χ4n) is 4.17. The van der Waals surface area contributed by atoms with Gasteiger partial charge in [-0.05, 0) is 54.3 Å². The third-order valence-electron chi connectivity index (χ3n) is 5.84. The van der Waals surface area contributed by atoms with Gasteiger partial charge >= 0.3 is 0 Å². The van der Waals surface area contributed by atoms with Crippen LogP contribution in [-0.2, 0) is 21.2 Å². The maximum Gasteiger partial charge on any atom is 0.243 e. The zero-order chi connectivity index (χ0) is 22.7. The van der Waals surface area contributed by atoms with Gasteiger partial charge in [0.25, 0.3) is 0 Å². The number of carbonyl (C=O) groups excluding carboxylic acids is 1. The number of nitrogens with zero attached hydrogens (tertiary/aromatic N) is 1. The van der Waals surface area contributed by atoms with E-state index in [9.17, 15) is 13.2 Å². The quantitative estimate of drug-likeness (QED) is 0.504. The van der Waals surface area contributed by atoms with Gasteiger partial charge in [-0.25, -0.2) is 8.42 Å². The number of halogens is 1. The van der Waals surface area contributed by atoms with E-state index in [4.69, 9.17) is 0 Å². The second-order valence-electron chi connectivity index (χ2n) is 7.94. The highest BCUT2D eigenvalue weighted by atomic mass is 79.9. The van der Waals surface area contributed by atoms with Crippen molar-refractivity contribution >= 4 is 31.9 Å². The van der Waals surface area contributed by atoms with Crippen LogP contribution < -0.4 is 5.32 Å². The van der Waals surface area contributed by atoms with Crippen LogP contribution in [0.4, 0.5) is 0 Å². The number of sulfonamides is 1. The molecule has 166 valence electrons. The Hall–Kier alpha value is -2.48. The number of benzene rings is 3. The summed E-state index contributed by atoms with van der Waals surface area (Å²) in [6.45, 7) is 2.26. The minimum Gasteiger partial charge on any atom is -0.350 e. The molecule has 0 saturated carbocycles. The van der Waals surface area contributed by atoms with Crippen molar-refractivity contribution in [2.75, 3.05) is 6.54 Å². The molecule has 4 rings (SSSR count). The first kappa shape index (κ1) is 22.7. The lowest BCUT2D eigenvalue weighted by molar-refractivity contribution is -0.122. The van der Waals surface area contributed by atoms with Gasteiger partial charge in [0.1, 0.15) is 0 Å². The average Bonchev–Trinajstić information content (AvgIpc) is 2.80. The molecule has 0 fully saturated rings. The highest BCUT2D eigenvalue weighted by molar-refractivity contribution is 9.10. The fraction of sp³-hybridized carbons (Fsp3) is 0.240. The van der Waals surface area contributed by atoms with Crippen molar-refractivity contribution in [1.82, 2.24) is 9.62 Å². The summed E-state index contributed by atoms with van der Waals surface area (Å²) in [6, 6.07) is 23.4. The monoisotopic (exact) mass is 512 g/mol. The SMILES string of the molecule is CC(NC(=O)CC1c2ccccc2CCN1S(=O)(=O)c1ccc(Br)cc1)c1ccccc1. The van der Waals surface area contributed by atoms with E-state index >= 15 is 0 Å². The van der Waals surface area contributed by atoms with Gasteiger partial charge in [-0.1, -0.05) is 70.5 Å². The molecule has 1 aliphatic heterocycles. The number of carbonyl (C=O) groups is 1. The predicted octanol–water partition coefficient (Wildman–Crippen LogP) is 5.00. The van der Waals surface area contributed by atoms with Crippen molar-refractivity contribution in [2.24, 2.45) is 0 Å². The van der Waals surface area contributed by atoms with Gasteiger partial charge in [0, 0.05) is 17.4 Å². The lowest BCUT2D eigenvalue weighted by Crippen LogP contribution is -2.42. The molecule has 0 radical (unpaired) electrons. The summed E-state index contributed by atoms with van der Waals surface area (Å²) >= 11 is 3.35. The van der Waals surface area contributed by atoms with Crippen LogP contribution in [0.5, 0.6) is 0 Å². The normalized spacial score (nSPS) is 17.4. The van der Waals surface area contributed by atoms with E-state index in [1.165, 1.54) is 4.31 Å². The van der Waals surface area contributed by atoms with E-state index in [0.29, 0.717) is 13.0 Å². The van der Waals surface area contributed by atoms with Gasteiger partial charge in [-0.3, -0.25) is 4.79 Å². The molecule has 3 aromatic carbocycles. The Bertz CT molecular complexity index is 1200. The summed E-state index contributed by atoms with van der Waals surface area (Å²) in [5.41, 5.74) is 2.98. The summed E-state index contributed by atoms with van der Waals surface area (Å²) in [7, 11) is -3.76. The second kappa shape index (κ2) is 9.57. The molecule has 0 bridgehead atoms. The molecular weight excluding hydrogens is 488 g/mol. The van der Waals surface area contributed by atoms with E-state index < -0.39 is 16.1 Å². The van der Waals surface area contributed by atoms with Crippen LogP contribution in [-0.4, -0.2) is 25.2 Å². The largest absolute Gasteiger partial charge is 0.350 e. The van der Waals surface area contributed by atoms with E-state index in [1.807, 2.05) is 61.5 Å². The fourth-order valence-corrected chi connectivity index (χ4v) is 6.04. The first-order valence-electron chi connectivity index (χ1n) is 10.6. The number of amides is 1. The molecule has 1 aliphatic rings. The number of hydrogen-bond donors (Lipinski definition) is 1. The lowest BCUT2D eigenvalue weighted by Gasteiger charge is -2.36. The Labute approximate surface area is 197 Å². The number of rotatable bonds is 6. The number of fused-ring (bicyclic) bond motifs is 1. The smallest absolute Gasteiger partial charge is 0.243 e. The van der Waals surface area contributed by atoms with Gasteiger partial charge < -0.3 is 5.32 Å². The molecule has 1 N–H and O–H groups in total. The Balaban J connectivity index is 1.62. The highest BCUT2D eigenvalue weighted by Gasteiger charge is 2.37. The van der Waals surface area contributed by atoms with Crippen molar-refractivity contribution in [2.45, 2.75) is 36.7 Å². The highest BCUT2D eigenvalue weighted by Crippen LogP contribution is 2.36. The maximum atomic E-state index is 13.5. The van der Waals surface area contributed by atoms with Gasteiger partial charge in [-0.15, -0.1) is 0 Å². The molecule has 1 heterocycles. The molecule has 7 heteroatoms. The summed E-state index contributed by atoms with van der Waals surface area (Å²) in [6.07, 6.45) is 0.675. The zero-order valence-corrected chi connectivity index (χ0v) is 20.1. The summed E-state index contributed by atoms with van der Waals surface area (Å²) in [4.78, 5) is 13.2. The van der Waals surface area contributed by atoms with Gasteiger partial charge in [0.15, 0.2) is 0 Å². The third-order valence-corrected chi connectivity index (χ3v) is 8.29. The minimum atomic E-state index is -3.76. The Morgan fingerprint density at radius 3 is 2.41 bits per heavy atom. The molecule has 32 heavy (non-hydrogen) atoms. The number of nitrogens with one attached hydrogen (secondary N) is 1. The van der Waals surface area contributed by atoms with E-state index in [2.05, 4.69) is 21.2 Å². The number of hydrogen-bond acceptors (Lipinski definition) is 3. The average molecular weight is 513 g/mol. The molecule has 1 amide bonds. The molecule has 0 aromatic heterocycles. The molecule has 0 spiro atoms. The van der Waals surface area contributed by atoms with Gasteiger partial charge in [0.05, 0.1) is 17.0 Å². The lowest BCUT2D eigenvalue weighted by atomic mass is 9.92. The standard InChI is InChI=1S/C25H25BrN2O3S/c1-18(19-7-3-2-4-8-19)27-25(29)17-24-23-10-6-5-9-20(23)15-16-28(24)32(30,31)22-13-11-21(26)12-14-22/h2-14,18,24H,15-17H2,1H3,(H,27,29). The van der Waals surface area contributed by atoms with Crippen molar-refractivity contribution in [3.8, 4) is 0 Å². The molecule has 0 aliphatic carbocycles. The van der Waals surface area contributed by atoms with Crippen molar-refractivity contribution < 1.29 is 13.2 Å². The first-order valence-corrected chi connectivity index (χ1v) is 12.8. The van der Waals surface area contributed by atoms with Crippen molar-refractivity contribution in [3.63, 3.8) is 0 Å². The maximum absolute atomic E-state index is 13.5. The first-order chi connectivity index (χ1) is 15.4. The van der Waals surface area contributed by atoms with E-state index in [0.717, 1.165) is 21.2 Å². The Kier molecular flexibility index (Phi) is 6.79. The second-order valence-corrected chi connectivity index (χ2v) is 10.7. The summed E-state index contributed by atoms with van der Waals surface area (Å²) in [5.74, 6) is -0.181. The van der Waals surface area contributed by atoms with Crippen LogP contribution in [0.25, 0.3) is 0 Å². The van der Waals surface area contributed by atoms with Crippen molar-refractivity contribution in [3.05, 3.63) is 100 Å². The molecular formula is C25H25BrN2O3S. The third kappa shape index (κ3) is 4.80.